The summed E-state index contributed by atoms with van der Waals surface area (Å²) in [5.74, 6) is -0.716. The van der Waals surface area contributed by atoms with Crippen LogP contribution in [0.5, 0.6) is 0 Å². The van der Waals surface area contributed by atoms with Gasteiger partial charge in [-0.1, -0.05) is 24.3 Å². The summed E-state index contributed by atoms with van der Waals surface area (Å²) in [6.07, 6.45) is 4.14. The van der Waals surface area contributed by atoms with Crippen molar-refractivity contribution in [2.75, 3.05) is 13.6 Å². The van der Waals surface area contributed by atoms with Crippen molar-refractivity contribution < 1.29 is 14.4 Å². The SMILES string of the molecule is Cc1ccccc1C1(CC(=O)N(C)CC2CC(C)NN2)CC(=O)N(Cc2ccncc2)C1=O. The highest BCUT2D eigenvalue weighted by Crippen LogP contribution is 2.42. The van der Waals surface area contributed by atoms with E-state index in [1.807, 2.05) is 31.2 Å². The zero-order valence-electron chi connectivity index (χ0n) is 19.4. The number of carbonyl (C=O) groups is 3. The third-order valence-corrected chi connectivity index (χ3v) is 6.70. The number of nitrogens with zero attached hydrogens (tertiary/aromatic N) is 3. The Hall–Kier alpha value is -3.10. The van der Waals surface area contributed by atoms with E-state index in [2.05, 4.69) is 22.8 Å². The number of nitrogens with one attached hydrogen (secondary N) is 2. The molecule has 174 valence electrons. The monoisotopic (exact) mass is 449 g/mol. The predicted molar refractivity (Wildman–Crippen MR) is 124 cm³/mol. The zero-order valence-corrected chi connectivity index (χ0v) is 19.4. The Morgan fingerprint density at radius 1 is 1.18 bits per heavy atom. The van der Waals surface area contributed by atoms with E-state index >= 15 is 0 Å². The Labute approximate surface area is 194 Å². The second-order valence-electron chi connectivity index (χ2n) is 9.29. The number of aromatic nitrogens is 1. The average molecular weight is 450 g/mol. The fraction of sp³-hybridized carbons (Fsp3) is 0.440. The molecule has 2 aliphatic rings. The lowest BCUT2D eigenvalue weighted by Crippen LogP contribution is -2.46. The number of hydrazine groups is 1. The van der Waals surface area contributed by atoms with Crippen LogP contribution in [0.15, 0.2) is 48.8 Å². The number of pyridine rings is 1. The van der Waals surface area contributed by atoms with Crippen molar-refractivity contribution in [1.82, 2.24) is 25.6 Å². The lowest BCUT2D eigenvalue weighted by atomic mass is 9.74. The molecule has 3 amide bonds. The molecule has 3 atom stereocenters. The first kappa shape index (κ1) is 23.1. The molecular formula is C25H31N5O3. The van der Waals surface area contributed by atoms with Crippen LogP contribution in [0, 0.1) is 6.92 Å². The molecule has 0 bridgehead atoms. The molecule has 2 aliphatic heterocycles. The minimum atomic E-state index is -1.20. The molecule has 2 aromatic rings. The topological polar surface area (TPSA) is 94.6 Å². The Balaban J connectivity index is 1.61. The van der Waals surface area contributed by atoms with Gasteiger partial charge in [0.2, 0.25) is 17.7 Å². The van der Waals surface area contributed by atoms with Gasteiger partial charge in [-0.05, 0) is 49.1 Å². The lowest BCUT2D eigenvalue weighted by molar-refractivity contribution is -0.143. The molecule has 4 rings (SSSR count). The van der Waals surface area contributed by atoms with E-state index < -0.39 is 5.41 Å². The van der Waals surface area contributed by atoms with Crippen molar-refractivity contribution >= 4 is 17.7 Å². The standard InChI is InChI=1S/C25H31N5O3/c1-17-6-4-5-7-21(17)25(13-22(31)29(3)16-20-12-18(2)27-28-20)14-23(32)30(24(25)33)15-19-8-10-26-11-9-19/h4-11,18,20,27-28H,12-16H2,1-3H3. The molecule has 8 nitrogen and oxygen atoms in total. The Morgan fingerprint density at radius 3 is 2.58 bits per heavy atom. The van der Waals surface area contributed by atoms with Crippen molar-refractivity contribution in [3.63, 3.8) is 0 Å². The molecule has 3 unspecified atom stereocenters. The quantitative estimate of drug-likeness (QED) is 0.625. The summed E-state index contributed by atoms with van der Waals surface area (Å²) in [5, 5.41) is 0. The molecular weight excluding hydrogens is 418 g/mol. The number of likely N-dealkylation sites (N-methyl/N-ethyl adjacent to an activating group) is 1. The van der Waals surface area contributed by atoms with Gasteiger partial charge in [0.1, 0.15) is 0 Å². The highest BCUT2D eigenvalue weighted by Gasteiger charge is 2.54. The molecule has 2 fully saturated rings. The van der Waals surface area contributed by atoms with E-state index in [1.165, 1.54) is 4.90 Å². The number of amides is 3. The first-order valence-corrected chi connectivity index (χ1v) is 11.3. The zero-order chi connectivity index (χ0) is 23.6. The smallest absolute Gasteiger partial charge is 0.241 e. The van der Waals surface area contributed by atoms with Crippen LogP contribution in [0.2, 0.25) is 0 Å². The number of carbonyl (C=O) groups excluding carboxylic acids is 3. The molecule has 2 saturated heterocycles. The van der Waals surface area contributed by atoms with Gasteiger partial charge in [-0.15, -0.1) is 0 Å². The van der Waals surface area contributed by atoms with Gasteiger partial charge in [-0.3, -0.25) is 35.1 Å². The number of hydrogen-bond donors (Lipinski definition) is 2. The van der Waals surface area contributed by atoms with Gasteiger partial charge < -0.3 is 4.90 Å². The Bertz CT molecular complexity index is 1040. The number of benzene rings is 1. The van der Waals surface area contributed by atoms with Crippen molar-refractivity contribution in [2.45, 2.75) is 57.2 Å². The predicted octanol–water partition coefficient (Wildman–Crippen LogP) is 1.69. The third kappa shape index (κ3) is 4.67. The number of likely N-dealkylation sites (tertiary alicyclic amines) is 1. The molecule has 0 spiro atoms. The van der Waals surface area contributed by atoms with Crippen LogP contribution in [0.3, 0.4) is 0 Å². The number of hydrogen-bond acceptors (Lipinski definition) is 6. The fourth-order valence-corrected chi connectivity index (χ4v) is 4.94. The van der Waals surface area contributed by atoms with Crippen molar-refractivity contribution in [2.24, 2.45) is 0 Å². The highest BCUT2D eigenvalue weighted by molar-refractivity contribution is 6.10. The van der Waals surface area contributed by atoms with Gasteiger partial charge in [0, 0.05) is 50.9 Å². The van der Waals surface area contributed by atoms with Crippen molar-refractivity contribution in [3.05, 3.63) is 65.5 Å². The first-order chi connectivity index (χ1) is 15.8. The van der Waals surface area contributed by atoms with E-state index in [4.69, 9.17) is 0 Å². The molecule has 1 aromatic carbocycles. The van der Waals surface area contributed by atoms with E-state index in [9.17, 15) is 14.4 Å². The minimum Gasteiger partial charge on any atom is -0.344 e. The maximum atomic E-state index is 13.8. The average Bonchev–Trinajstić information content (AvgIpc) is 3.30. The van der Waals surface area contributed by atoms with Crippen LogP contribution in [0.4, 0.5) is 0 Å². The van der Waals surface area contributed by atoms with E-state index in [0.717, 1.165) is 23.1 Å². The molecule has 0 saturated carbocycles. The molecule has 3 heterocycles. The van der Waals surface area contributed by atoms with Gasteiger partial charge in [-0.25, -0.2) is 0 Å². The summed E-state index contributed by atoms with van der Waals surface area (Å²) < 4.78 is 0. The van der Waals surface area contributed by atoms with E-state index in [1.54, 1.807) is 36.5 Å². The summed E-state index contributed by atoms with van der Waals surface area (Å²) in [6.45, 7) is 4.71. The Morgan fingerprint density at radius 2 is 1.91 bits per heavy atom. The normalized spacial score (nSPS) is 25.0. The van der Waals surface area contributed by atoms with Crippen LogP contribution < -0.4 is 10.9 Å². The summed E-state index contributed by atoms with van der Waals surface area (Å²) in [6, 6.07) is 11.6. The molecule has 0 aliphatic carbocycles. The van der Waals surface area contributed by atoms with Gasteiger partial charge in [0.05, 0.1) is 12.0 Å². The van der Waals surface area contributed by atoms with Crippen molar-refractivity contribution in [3.8, 4) is 0 Å². The minimum absolute atomic E-state index is 0.0123. The summed E-state index contributed by atoms with van der Waals surface area (Å²) in [5.41, 5.74) is 7.65. The number of aryl methyl sites for hydroxylation is 1. The Kier molecular flexibility index (Phi) is 6.58. The number of rotatable bonds is 7. The van der Waals surface area contributed by atoms with Crippen LogP contribution in [0.25, 0.3) is 0 Å². The van der Waals surface area contributed by atoms with Gasteiger partial charge in [0.25, 0.3) is 0 Å². The lowest BCUT2D eigenvalue weighted by Gasteiger charge is -2.31. The molecule has 0 radical (unpaired) electrons. The first-order valence-electron chi connectivity index (χ1n) is 11.3. The second-order valence-corrected chi connectivity index (χ2v) is 9.29. The largest absolute Gasteiger partial charge is 0.344 e. The van der Waals surface area contributed by atoms with Crippen LogP contribution >= 0.6 is 0 Å². The summed E-state index contributed by atoms with van der Waals surface area (Å²) >= 11 is 0. The van der Waals surface area contributed by atoms with Gasteiger partial charge in [-0.2, -0.15) is 0 Å². The molecule has 1 aromatic heterocycles. The second kappa shape index (κ2) is 9.41. The van der Waals surface area contributed by atoms with Gasteiger partial charge >= 0.3 is 0 Å². The maximum Gasteiger partial charge on any atom is 0.241 e. The van der Waals surface area contributed by atoms with Crippen LogP contribution in [-0.2, 0) is 26.3 Å². The molecule has 8 heteroatoms. The van der Waals surface area contributed by atoms with E-state index in [0.29, 0.717) is 12.6 Å². The third-order valence-electron chi connectivity index (χ3n) is 6.70. The van der Waals surface area contributed by atoms with Crippen LogP contribution in [-0.4, -0.2) is 58.2 Å². The number of imide groups is 1. The summed E-state index contributed by atoms with van der Waals surface area (Å²) in [4.78, 5) is 47.3. The van der Waals surface area contributed by atoms with E-state index in [-0.39, 0.29) is 43.1 Å². The van der Waals surface area contributed by atoms with Crippen LogP contribution in [0.1, 0.15) is 42.9 Å². The van der Waals surface area contributed by atoms with Gasteiger partial charge in [0.15, 0.2) is 0 Å². The molecule has 2 N–H and O–H groups in total. The summed E-state index contributed by atoms with van der Waals surface area (Å²) in [7, 11) is 1.76. The maximum absolute atomic E-state index is 13.8. The van der Waals surface area contributed by atoms with Crippen molar-refractivity contribution in [1.29, 1.82) is 0 Å². The fourth-order valence-electron chi connectivity index (χ4n) is 4.94. The highest BCUT2D eigenvalue weighted by atomic mass is 16.2. The molecule has 33 heavy (non-hydrogen) atoms.